The van der Waals surface area contributed by atoms with E-state index in [2.05, 4.69) is 15.5 Å². The van der Waals surface area contributed by atoms with Crippen molar-refractivity contribution in [1.82, 2.24) is 15.5 Å². The number of halogens is 1. The second-order valence-corrected chi connectivity index (χ2v) is 6.33. The third-order valence-electron chi connectivity index (χ3n) is 4.15. The Hall–Kier alpha value is -2.70. The van der Waals surface area contributed by atoms with Gasteiger partial charge in [0, 0.05) is 0 Å². The molecule has 3 aromatic rings. The number of benzene rings is 2. The number of amides is 1. The molecule has 0 saturated heterocycles. The van der Waals surface area contributed by atoms with Gasteiger partial charge in [-0.1, -0.05) is 65.3 Å². The lowest BCUT2D eigenvalue weighted by atomic mass is 10.1. The second kappa shape index (κ2) is 9.30. The molecule has 3 rings (SSSR count). The highest BCUT2D eigenvalue weighted by atomic mass is 35.5. The predicted molar refractivity (Wildman–Crippen MR) is 105 cm³/mol. The Kier molecular flexibility index (Phi) is 7.10. The second-order valence-electron chi connectivity index (χ2n) is 6.33. The predicted octanol–water partition coefficient (Wildman–Crippen LogP) is 3.27. The number of carbonyl (C=O) groups excluding carboxylic acids is 1. The smallest absolute Gasteiger partial charge is 0.242 e. The van der Waals surface area contributed by atoms with E-state index in [4.69, 9.17) is 10.3 Å². The Balaban J connectivity index is 0.00000261. The summed E-state index contributed by atoms with van der Waals surface area (Å²) >= 11 is 0. The first kappa shape index (κ1) is 20.6. The molecule has 2 unspecified atom stereocenters. The molecule has 0 radical (unpaired) electrons. The standard InChI is InChI=1S/C20H22N4O2.ClH/c1-13-8-10-16(11-9-13)18(21)20(25)22-14(2)19-23-17(26-24-19)12-15-6-4-3-5-7-15;/h3-11,14,18H,12,21H2,1-2H3,(H,22,25);1H. The minimum atomic E-state index is -0.742. The number of hydrogen-bond acceptors (Lipinski definition) is 5. The highest BCUT2D eigenvalue weighted by molar-refractivity contribution is 5.85. The van der Waals surface area contributed by atoms with E-state index in [1.54, 1.807) is 6.92 Å². The minimum Gasteiger partial charge on any atom is -0.345 e. The van der Waals surface area contributed by atoms with Crippen molar-refractivity contribution in [3.8, 4) is 0 Å². The van der Waals surface area contributed by atoms with Crippen molar-refractivity contribution < 1.29 is 9.32 Å². The summed E-state index contributed by atoms with van der Waals surface area (Å²) in [6, 6.07) is 16.3. The Morgan fingerprint density at radius 1 is 1.15 bits per heavy atom. The van der Waals surface area contributed by atoms with Gasteiger partial charge in [-0.2, -0.15) is 4.98 Å². The zero-order valence-electron chi connectivity index (χ0n) is 15.3. The molecule has 1 heterocycles. The summed E-state index contributed by atoms with van der Waals surface area (Å²) in [4.78, 5) is 16.8. The normalized spacial score (nSPS) is 12.7. The van der Waals surface area contributed by atoms with E-state index >= 15 is 0 Å². The molecule has 0 bridgehead atoms. The van der Waals surface area contributed by atoms with Crippen molar-refractivity contribution in [3.63, 3.8) is 0 Å². The average Bonchev–Trinajstić information content (AvgIpc) is 3.11. The van der Waals surface area contributed by atoms with Gasteiger partial charge in [0.25, 0.3) is 0 Å². The monoisotopic (exact) mass is 386 g/mol. The largest absolute Gasteiger partial charge is 0.345 e. The van der Waals surface area contributed by atoms with E-state index < -0.39 is 12.1 Å². The molecular weight excluding hydrogens is 364 g/mol. The first-order chi connectivity index (χ1) is 12.5. The molecule has 7 heteroatoms. The summed E-state index contributed by atoms with van der Waals surface area (Å²) in [6.45, 7) is 3.79. The van der Waals surface area contributed by atoms with Gasteiger partial charge in [0.1, 0.15) is 6.04 Å². The molecule has 6 nitrogen and oxygen atoms in total. The Bertz CT molecular complexity index is 865. The van der Waals surface area contributed by atoms with Gasteiger partial charge in [0.2, 0.25) is 11.8 Å². The molecule has 1 amide bonds. The van der Waals surface area contributed by atoms with Gasteiger partial charge >= 0.3 is 0 Å². The Morgan fingerprint density at radius 2 is 1.81 bits per heavy atom. The van der Waals surface area contributed by atoms with Gasteiger partial charge in [-0.15, -0.1) is 12.4 Å². The van der Waals surface area contributed by atoms with Crippen LogP contribution < -0.4 is 11.1 Å². The molecule has 3 N–H and O–H groups in total. The number of hydrogen-bond donors (Lipinski definition) is 2. The molecule has 0 aliphatic carbocycles. The number of aromatic nitrogens is 2. The average molecular weight is 387 g/mol. The molecule has 0 saturated carbocycles. The number of aryl methyl sites for hydroxylation is 1. The van der Waals surface area contributed by atoms with E-state index in [9.17, 15) is 4.79 Å². The van der Waals surface area contributed by atoms with E-state index in [0.29, 0.717) is 18.1 Å². The fourth-order valence-corrected chi connectivity index (χ4v) is 2.58. The molecule has 2 aromatic carbocycles. The highest BCUT2D eigenvalue weighted by Crippen LogP contribution is 2.15. The van der Waals surface area contributed by atoms with Crippen molar-refractivity contribution in [2.45, 2.75) is 32.4 Å². The summed E-state index contributed by atoms with van der Waals surface area (Å²) in [5.41, 5.74) is 9.01. The van der Waals surface area contributed by atoms with Crippen molar-refractivity contribution in [1.29, 1.82) is 0 Å². The quantitative estimate of drug-likeness (QED) is 0.678. The first-order valence-corrected chi connectivity index (χ1v) is 8.52. The van der Waals surface area contributed by atoms with Crippen molar-refractivity contribution in [2.24, 2.45) is 5.73 Å². The Labute approximate surface area is 164 Å². The molecule has 0 spiro atoms. The van der Waals surface area contributed by atoms with E-state index in [-0.39, 0.29) is 18.3 Å². The molecule has 2 atom stereocenters. The summed E-state index contributed by atoms with van der Waals surface area (Å²) in [5.74, 6) is 0.659. The minimum absolute atomic E-state index is 0. The number of carbonyl (C=O) groups is 1. The lowest BCUT2D eigenvalue weighted by Crippen LogP contribution is -2.36. The number of nitrogens with one attached hydrogen (secondary N) is 1. The third-order valence-corrected chi connectivity index (χ3v) is 4.15. The van der Waals surface area contributed by atoms with Crippen LogP contribution >= 0.6 is 12.4 Å². The van der Waals surface area contributed by atoms with Crippen LogP contribution in [-0.2, 0) is 11.2 Å². The van der Waals surface area contributed by atoms with Crippen LogP contribution in [-0.4, -0.2) is 16.0 Å². The van der Waals surface area contributed by atoms with Crippen LogP contribution in [0.4, 0.5) is 0 Å². The van der Waals surface area contributed by atoms with Crippen LogP contribution in [0.2, 0.25) is 0 Å². The topological polar surface area (TPSA) is 94.0 Å². The highest BCUT2D eigenvalue weighted by Gasteiger charge is 2.21. The van der Waals surface area contributed by atoms with Gasteiger partial charge in [-0.3, -0.25) is 4.79 Å². The fraction of sp³-hybridized carbons (Fsp3) is 0.250. The van der Waals surface area contributed by atoms with Crippen LogP contribution in [0.1, 0.15) is 47.4 Å². The summed E-state index contributed by atoms with van der Waals surface area (Å²) in [7, 11) is 0. The summed E-state index contributed by atoms with van der Waals surface area (Å²) in [6.07, 6.45) is 0.553. The van der Waals surface area contributed by atoms with Crippen LogP contribution in [0.3, 0.4) is 0 Å². The van der Waals surface area contributed by atoms with Gasteiger partial charge in [-0.05, 0) is 25.0 Å². The maximum absolute atomic E-state index is 12.4. The molecule has 1 aromatic heterocycles. The van der Waals surface area contributed by atoms with Crippen LogP contribution in [0.25, 0.3) is 0 Å². The lowest BCUT2D eigenvalue weighted by molar-refractivity contribution is -0.123. The number of nitrogens with two attached hydrogens (primary N) is 1. The van der Waals surface area contributed by atoms with Crippen LogP contribution in [0, 0.1) is 6.92 Å². The number of nitrogens with zero attached hydrogens (tertiary/aromatic N) is 2. The van der Waals surface area contributed by atoms with Gasteiger partial charge in [0.15, 0.2) is 5.82 Å². The molecule has 27 heavy (non-hydrogen) atoms. The number of rotatable bonds is 6. The van der Waals surface area contributed by atoms with Gasteiger partial charge < -0.3 is 15.6 Å². The van der Waals surface area contributed by atoms with Crippen LogP contribution in [0.15, 0.2) is 59.1 Å². The van der Waals surface area contributed by atoms with Crippen molar-refractivity contribution in [2.75, 3.05) is 0 Å². The molecule has 0 aliphatic heterocycles. The molecule has 142 valence electrons. The fourth-order valence-electron chi connectivity index (χ4n) is 2.58. The van der Waals surface area contributed by atoms with Crippen LogP contribution in [0.5, 0.6) is 0 Å². The summed E-state index contributed by atoms with van der Waals surface area (Å²) < 4.78 is 5.29. The zero-order chi connectivity index (χ0) is 18.5. The maximum Gasteiger partial charge on any atom is 0.242 e. The third kappa shape index (κ3) is 5.39. The lowest BCUT2D eigenvalue weighted by Gasteiger charge is -2.15. The Morgan fingerprint density at radius 3 is 2.48 bits per heavy atom. The molecular formula is C20H23ClN4O2. The first-order valence-electron chi connectivity index (χ1n) is 8.52. The van der Waals surface area contributed by atoms with Gasteiger partial charge in [-0.25, -0.2) is 0 Å². The van der Waals surface area contributed by atoms with Crippen molar-refractivity contribution in [3.05, 3.63) is 83.0 Å². The van der Waals surface area contributed by atoms with Crippen molar-refractivity contribution >= 4 is 18.3 Å². The maximum atomic E-state index is 12.4. The zero-order valence-corrected chi connectivity index (χ0v) is 16.1. The SMILES string of the molecule is Cc1ccc(C(N)C(=O)NC(C)c2noc(Cc3ccccc3)n2)cc1.Cl. The van der Waals surface area contributed by atoms with E-state index in [0.717, 1.165) is 16.7 Å². The van der Waals surface area contributed by atoms with Gasteiger partial charge in [0.05, 0.1) is 12.5 Å². The molecule has 0 aliphatic rings. The molecule has 0 fully saturated rings. The summed E-state index contributed by atoms with van der Waals surface area (Å²) in [5, 5.41) is 6.80. The van der Waals surface area contributed by atoms with E-state index in [1.165, 1.54) is 0 Å². The van der Waals surface area contributed by atoms with E-state index in [1.807, 2.05) is 61.5 Å².